The fraction of sp³-hybridized carbons (Fsp3) is 0.350. The Morgan fingerprint density at radius 1 is 1.27 bits per heavy atom. The molecular formula is C20H21BrN2O3. The quantitative estimate of drug-likeness (QED) is 0.774. The van der Waals surface area contributed by atoms with Gasteiger partial charge in [-0.15, -0.1) is 0 Å². The highest BCUT2D eigenvalue weighted by Crippen LogP contribution is 2.44. The summed E-state index contributed by atoms with van der Waals surface area (Å²) >= 11 is 3.58. The zero-order chi connectivity index (χ0) is 18.3. The summed E-state index contributed by atoms with van der Waals surface area (Å²) in [5.74, 6) is 1.41. The topological polar surface area (TPSA) is 50.8 Å². The second-order valence-corrected chi connectivity index (χ2v) is 7.36. The molecule has 136 valence electrons. The molecule has 1 amide bonds. The first-order chi connectivity index (χ1) is 12.6. The van der Waals surface area contributed by atoms with E-state index in [0.717, 1.165) is 34.1 Å². The molecule has 1 heterocycles. The van der Waals surface area contributed by atoms with Gasteiger partial charge in [0.15, 0.2) is 11.5 Å². The van der Waals surface area contributed by atoms with Gasteiger partial charge in [0, 0.05) is 11.7 Å². The number of hydrogen-bond acceptors (Lipinski definition) is 4. The van der Waals surface area contributed by atoms with Gasteiger partial charge in [0.2, 0.25) is 0 Å². The molecule has 0 unspecified atom stereocenters. The Morgan fingerprint density at radius 3 is 2.73 bits per heavy atom. The van der Waals surface area contributed by atoms with Crippen LogP contribution in [0.15, 0.2) is 40.9 Å². The van der Waals surface area contributed by atoms with E-state index < -0.39 is 0 Å². The van der Waals surface area contributed by atoms with Crippen molar-refractivity contribution in [2.45, 2.75) is 32.0 Å². The minimum atomic E-state index is -0.230. The first-order valence-corrected chi connectivity index (χ1v) is 9.61. The summed E-state index contributed by atoms with van der Waals surface area (Å²) in [6, 6.07) is 11.9. The number of ether oxygens (including phenoxy) is 2. The van der Waals surface area contributed by atoms with Crippen molar-refractivity contribution in [2.75, 3.05) is 19.0 Å². The molecule has 1 fully saturated rings. The van der Waals surface area contributed by atoms with E-state index >= 15 is 0 Å². The molecule has 4 rings (SSSR count). The van der Waals surface area contributed by atoms with Crippen molar-refractivity contribution >= 4 is 27.5 Å². The fourth-order valence-electron chi connectivity index (χ4n) is 3.45. The molecule has 2 aromatic rings. The van der Waals surface area contributed by atoms with Gasteiger partial charge in [0.05, 0.1) is 23.8 Å². The molecule has 0 saturated heterocycles. The maximum Gasteiger partial charge on any atom is 0.258 e. The van der Waals surface area contributed by atoms with E-state index in [0.29, 0.717) is 18.1 Å². The molecule has 2 aliphatic rings. The van der Waals surface area contributed by atoms with Crippen molar-refractivity contribution in [2.24, 2.45) is 0 Å². The zero-order valence-corrected chi connectivity index (χ0v) is 16.4. The van der Waals surface area contributed by atoms with Crippen LogP contribution in [0.2, 0.25) is 0 Å². The van der Waals surface area contributed by atoms with Crippen LogP contribution in [0, 0.1) is 0 Å². The number of anilines is 1. The lowest BCUT2D eigenvalue weighted by atomic mass is 10.0. The van der Waals surface area contributed by atoms with Crippen molar-refractivity contribution in [1.29, 1.82) is 0 Å². The summed E-state index contributed by atoms with van der Waals surface area (Å²) in [5, 5.41) is 3.54. The van der Waals surface area contributed by atoms with E-state index in [1.54, 1.807) is 7.11 Å². The number of hydrogen-bond donors (Lipinski definition) is 1. The van der Waals surface area contributed by atoms with Crippen LogP contribution < -0.4 is 14.8 Å². The molecule has 26 heavy (non-hydrogen) atoms. The molecule has 0 radical (unpaired) electrons. The minimum absolute atomic E-state index is 0.0803. The maximum absolute atomic E-state index is 13.1. The molecule has 6 heteroatoms. The van der Waals surface area contributed by atoms with Gasteiger partial charge >= 0.3 is 0 Å². The third-order valence-corrected chi connectivity index (χ3v) is 5.34. The van der Waals surface area contributed by atoms with E-state index in [2.05, 4.69) is 21.2 Å². The smallest absolute Gasteiger partial charge is 0.258 e. The van der Waals surface area contributed by atoms with Gasteiger partial charge in [0.1, 0.15) is 6.17 Å². The summed E-state index contributed by atoms with van der Waals surface area (Å²) in [4.78, 5) is 15.1. The van der Waals surface area contributed by atoms with Crippen molar-refractivity contribution in [3.05, 3.63) is 52.0 Å². The summed E-state index contributed by atoms with van der Waals surface area (Å²) in [6.07, 6.45) is 1.86. The highest BCUT2D eigenvalue weighted by atomic mass is 79.9. The molecule has 1 saturated carbocycles. The number of amides is 1. The third-order valence-electron chi connectivity index (χ3n) is 4.75. The Morgan fingerprint density at radius 2 is 2.04 bits per heavy atom. The number of para-hydroxylation sites is 1. The normalized spacial score (nSPS) is 19.0. The van der Waals surface area contributed by atoms with E-state index in [-0.39, 0.29) is 18.1 Å². The Labute approximate surface area is 161 Å². The van der Waals surface area contributed by atoms with E-state index in [1.807, 2.05) is 48.2 Å². The lowest BCUT2D eigenvalue weighted by molar-refractivity contribution is 0.0666. The first kappa shape index (κ1) is 17.2. The largest absolute Gasteiger partial charge is 0.492 e. The lowest BCUT2D eigenvalue weighted by Crippen LogP contribution is -2.44. The second kappa shape index (κ2) is 6.83. The predicted molar refractivity (Wildman–Crippen MR) is 104 cm³/mol. The van der Waals surface area contributed by atoms with Gasteiger partial charge in [-0.25, -0.2) is 0 Å². The Bertz CT molecular complexity index is 851. The third kappa shape index (κ3) is 2.92. The van der Waals surface area contributed by atoms with Crippen LogP contribution in [0.25, 0.3) is 0 Å². The summed E-state index contributed by atoms with van der Waals surface area (Å²) in [6.45, 7) is 2.48. The average molecular weight is 417 g/mol. The Balaban J connectivity index is 1.80. The number of rotatable bonds is 5. The van der Waals surface area contributed by atoms with E-state index in [9.17, 15) is 4.79 Å². The van der Waals surface area contributed by atoms with Crippen LogP contribution in [0.1, 0.15) is 41.9 Å². The molecule has 1 aliphatic heterocycles. The van der Waals surface area contributed by atoms with Gasteiger partial charge in [-0.3, -0.25) is 4.79 Å². The number of nitrogens with zero attached hydrogens (tertiary/aromatic N) is 1. The number of carbonyl (C=O) groups is 1. The first-order valence-electron chi connectivity index (χ1n) is 8.82. The van der Waals surface area contributed by atoms with Gasteiger partial charge in [0.25, 0.3) is 5.91 Å². The van der Waals surface area contributed by atoms with Gasteiger partial charge in [-0.05, 0) is 65.5 Å². The van der Waals surface area contributed by atoms with Crippen LogP contribution in [0.4, 0.5) is 5.69 Å². The standard InChI is InChI=1S/C20H21BrN2O3/c1-3-26-17-11-12(10-15(21)18(17)25-2)19-22-16-7-5-4-6-14(16)20(24)23(19)13-8-9-13/h4-7,10-11,13,19,22H,3,8-9H2,1-2H3/t19-/m0/s1. The van der Waals surface area contributed by atoms with E-state index in [1.165, 1.54) is 0 Å². The monoisotopic (exact) mass is 416 g/mol. The predicted octanol–water partition coefficient (Wildman–Crippen LogP) is 4.59. The number of nitrogens with one attached hydrogen (secondary N) is 1. The van der Waals surface area contributed by atoms with Crippen LogP contribution in [-0.4, -0.2) is 30.6 Å². The number of benzene rings is 2. The molecule has 0 bridgehead atoms. The molecule has 1 N–H and O–H groups in total. The summed E-state index contributed by atoms with van der Waals surface area (Å²) < 4.78 is 12.0. The van der Waals surface area contributed by atoms with Crippen LogP contribution >= 0.6 is 15.9 Å². The molecule has 5 nitrogen and oxygen atoms in total. The molecule has 1 atom stereocenters. The summed E-state index contributed by atoms with van der Waals surface area (Å²) in [5.41, 5.74) is 2.56. The van der Waals surface area contributed by atoms with Gasteiger partial charge in [-0.2, -0.15) is 0 Å². The number of methoxy groups -OCH3 is 1. The highest BCUT2D eigenvalue weighted by molar-refractivity contribution is 9.10. The number of carbonyl (C=O) groups excluding carboxylic acids is 1. The Kier molecular flexibility index (Phi) is 4.53. The minimum Gasteiger partial charge on any atom is -0.492 e. The molecule has 2 aromatic carbocycles. The van der Waals surface area contributed by atoms with E-state index in [4.69, 9.17) is 9.47 Å². The van der Waals surface area contributed by atoms with Gasteiger partial charge in [-0.1, -0.05) is 12.1 Å². The molecular weight excluding hydrogens is 396 g/mol. The van der Waals surface area contributed by atoms with Crippen molar-refractivity contribution in [3.8, 4) is 11.5 Å². The number of halogens is 1. The van der Waals surface area contributed by atoms with Crippen LogP contribution in [0.5, 0.6) is 11.5 Å². The van der Waals surface area contributed by atoms with Crippen molar-refractivity contribution in [1.82, 2.24) is 4.90 Å². The molecule has 1 aliphatic carbocycles. The summed E-state index contributed by atoms with van der Waals surface area (Å²) in [7, 11) is 1.62. The SMILES string of the molecule is CCOc1cc([C@H]2Nc3ccccc3C(=O)N2C2CC2)cc(Br)c1OC. The highest BCUT2D eigenvalue weighted by Gasteiger charge is 2.42. The van der Waals surface area contributed by atoms with Gasteiger partial charge < -0.3 is 19.7 Å². The van der Waals surface area contributed by atoms with Crippen molar-refractivity contribution < 1.29 is 14.3 Å². The maximum atomic E-state index is 13.1. The molecule has 0 aromatic heterocycles. The lowest BCUT2D eigenvalue weighted by Gasteiger charge is -2.38. The van der Waals surface area contributed by atoms with Crippen LogP contribution in [-0.2, 0) is 0 Å². The van der Waals surface area contributed by atoms with Crippen LogP contribution in [0.3, 0.4) is 0 Å². The fourth-order valence-corrected chi connectivity index (χ4v) is 4.07. The van der Waals surface area contributed by atoms with Crippen molar-refractivity contribution in [3.63, 3.8) is 0 Å². The average Bonchev–Trinajstić information content (AvgIpc) is 3.46. The molecule has 0 spiro atoms. The number of fused-ring (bicyclic) bond motifs is 1. The second-order valence-electron chi connectivity index (χ2n) is 6.50. The zero-order valence-electron chi connectivity index (χ0n) is 14.8. The Hall–Kier alpha value is -2.21.